The van der Waals surface area contributed by atoms with Gasteiger partial charge in [0, 0.05) is 56.1 Å². The molecular formula is C19H22N4O3S2. The Morgan fingerprint density at radius 3 is 2.46 bits per heavy atom. The molecule has 1 amide bonds. The number of nitrogens with zero attached hydrogens (tertiary/aromatic N) is 3. The summed E-state index contributed by atoms with van der Waals surface area (Å²) in [7, 11) is -3.66. The minimum atomic E-state index is -3.66. The van der Waals surface area contributed by atoms with Crippen molar-refractivity contribution in [3.8, 4) is 6.07 Å². The van der Waals surface area contributed by atoms with E-state index in [0.717, 1.165) is 19.6 Å². The average Bonchev–Trinajstić information content (AvgIpc) is 3.21. The van der Waals surface area contributed by atoms with E-state index in [1.165, 1.54) is 17.0 Å². The van der Waals surface area contributed by atoms with Crippen molar-refractivity contribution in [2.24, 2.45) is 0 Å². The molecule has 1 fully saturated rings. The average molecular weight is 419 g/mol. The van der Waals surface area contributed by atoms with Gasteiger partial charge in [-0.2, -0.15) is 5.26 Å². The van der Waals surface area contributed by atoms with Gasteiger partial charge in [-0.25, -0.2) is 13.1 Å². The molecule has 0 atom stereocenters. The van der Waals surface area contributed by atoms with Crippen molar-refractivity contribution >= 4 is 27.3 Å². The van der Waals surface area contributed by atoms with Crippen molar-refractivity contribution in [2.75, 3.05) is 32.7 Å². The second kappa shape index (κ2) is 9.30. The quantitative estimate of drug-likeness (QED) is 0.693. The van der Waals surface area contributed by atoms with Crippen molar-refractivity contribution in [3.05, 3.63) is 52.2 Å². The van der Waals surface area contributed by atoms with Crippen LogP contribution in [0.5, 0.6) is 0 Å². The Balaban J connectivity index is 1.56. The van der Waals surface area contributed by atoms with Crippen LogP contribution in [0, 0.1) is 11.3 Å². The Labute approximate surface area is 169 Å². The molecule has 28 heavy (non-hydrogen) atoms. The van der Waals surface area contributed by atoms with Crippen LogP contribution in [0.4, 0.5) is 0 Å². The van der Waals surface area contributed by atoms with Crippen molar-refractivity contribution in [1.29, 1.82) is 5.26 Å². The standard InChI is InChI=1S/C19H22N4O3S2/c20-8-2-9-21-28(25,26)18-6-4-16(5-7-18)19(24)23-12-10-22(11-13-23)15-17-3-1-14-27-17/h1,3-7,14,21H,2,9-13,15H2. The number of carbonyl (C=O) groups excluding carboxylic acids is 1. The van der Waals surface area contributed by atoms with Gasteiger partial charge in [0.05, 0.1) is 11.0 Å². The molecule has 7 nitrogen and oxygen atoms in total. The number of benzene rings is 1. The topological polar surface area (TPSA) is 93.5 Å². The lowest BCUT2D eigenvalue weighted by molar-refractivity contribution is 0.0629. The molecular weight excluding hydrogens is 396 g/mol. The molecule has 1 aliphatic rings. The zero-order chi connectivity index (χ0) is 20.0. The first-order valence-electron chi connectivity index (χ1n) is 9.00. The molecule has 1 aromatic heterocycles. The zero-order valence-corrected chi connectivity index (χ0v) is 17.0. The summed E-state index contributed by atoms with van der Waals surface area (Å²) in [6, 6.07) is 12.0. The summed E-state index contributed by atoms with van der Waals surface area (Å²) < 4.78 is 26.6. The van der Waals surface area contributed by atoms with E-state index in [-0.39, 0.29) is 23.8 Å². The van der Waals surface area contributed by atoms with Crippen LogP contribution >= 0.6 is 11.3 Å². The highest BCUT2D eigenvalue weighted by atomic mass is 32.2. The first kappa shape index (κ1) is 20.5. The SMILES string of the molecule is N#CCCNS(=O)(=O)c1ccc(C(=O)N2CCN(Cc3cccs3)CC2)cc1. The smallest absolute Gasteiger partial charge is 0.253 e. The lowest BCUT2D eigenvalue weighted by Gasteiger charge is -2.34. The molecule has 3 rings (SSSR count). The van der Waals surface area contributed by atoms with E-state index in [4.69, 9.17) is 5.26 Å². The highest BCUT2D eigenvalue weighted by Crippen LogP contribution is 2.16. The van der Waals surface area contributed by atoms with Crippen LogP contribution in [-0.2, 0) is 16.6 Å². The number of thiophene rings is 1. The van der Waals surface area contributed by atoms with Crippen LogP contribution in [0.1, 0.15) is 21.7 Å². The third-order valence-electron chi connectivity index (χ3n) is 4.56. The lowest BCUT2D eigenvalue weighted by atomic mass is 10.2. The molecule has 0 radical (unpaired) electrons. The van der Waals surface area contributed by atoms with Crippen LogP contribution in [-0.4, -0.2) is 56.8 Å². The maximum absolute atomic E-state index is 12.7. The molecule has 1 aromatic carbocycles. The molecule has 2 heterocycles. The lowest BCUT2D eigenvalue weighted by Crippen LogP contribution is -2.48. The third kappa shape index (κ3) is 5.17. The molecule has 0 saturated carbocycles. The van der Waals surface area contributed by atoms with E-state index >= 15 is 0 Å². The fourth-order valence-electron chi connectivity index (χ4n) is 3.02. The van der Waals surface area contributed by atoms with Crippen LogP contribution in [0.25, 0.3) is 0 Å². The fraction of sp³-hybridized carbons (Fsp3) is 0.368. The number of piperazine rings is 1. The van der Waals surface area contributed by atoms with Crippen molar-refractivity contribution < 1.29 is 13.2 Å². The van der Waals surface area contributed by atoms with Crippen LogP contribution in [0.15, 0.2) is 46.7 Å². The molecule has 0 bridgehead atoms. The molecule has 1 saturated heterocycles. The molecule has 1 N–H and O–H groups in total. The molecule has 148 valence electrons. The maximum Gasteiger partial charge on any atom is 0.253 e. The predicted molar refractivity (Wildman–Crippen MR) is 107 cm³/mol. The predicted octanol–water partition coefficient (Wildman–Crippen LogP) is 1.90. The van der Waals surface area contributed by atoms with E-state index in [9.17, 15) is 13.2 Å². The Morgan fingerprint density at radius 1 is 1.14 bits per heavy atom. The number of nitriles is 1. The maximum atomic E-state index is 12.7. The Bertz CT molecular complexity index is 927. The van der Waals surface area contributed by atoms with E-state index in [1.54, 1.807) is 28.4 Å². The number of carbonyl (C=O) groups is 1. The van der Waals surface area contributed by atoms with E-state index in [2.05, 4.69) is 21.1 Å². The molecule has 0 unspecified atom stereocenters. The fourth-order valence-corrected chi connectivity index (χ4v) is 4.79. The summed E-state index contributed by atoms with van der Waals surface area (Å²) in [5.41, 5.74) is 0.475. The summed E-state index contributed by atoms with van der Waals surface area (Å²) >= 11 is 1.74. The van der Waals surface area contributed by atoms with E-state index in [1.807, 2.05) is 12.1 Å². The molecule has 2 aromatic rings. The molecule has 0 aliphatic carbocycles. The number of rotatable bonds is 7. The van der Waals surface area contributed by atoms with Gasteiger partial charge in [0.15, 0.2) is 0 Å². The first-order chi connectivity index (χ1) is 13.5. The second-order valence-corrected chi connectivity index (χ2v) is 9.28. The van der Waals surface area contributed by atoms with Gasteiger partial charge in [0.25, 0.3) is 5.91 Å². The zero-order valence-electron chi connectivity index (χ0n) is 15.4. The van der Waals surface area contributed by atoms with E-state index in [0.29, 0.717) is 18.7 Å². The van der Waals surface area contributed by atoms with Crippen molar-refractivity contribution in [2.45, 2.75) is 17.9 Å². The van der Waals surface area contributed by atoms with Crippen LogP contribution in [0.2, 0.25) is 0 Å². The summed E-state index contributed by atoms with van der Waals surface area (Å²) in [5.74, 6) is -0.0860. The largest absolute Gasteiger partial charge is 0.336 e. The van der Waals surface area contributed by atoms with Crippen molar-refractivity contribution in [1.82, 2.24) is 14.5 Å². The summed E-state index contributed by atoms with van der Waals surface area (Å²) in [5, 5.41) is 10.6. The summed E-state index contributed by atoms with van der Waals surface area (Å²) in [4.78, 5) is 18.2. The Hall–Kier alpha value is -2.25. The minimum absolute atomic E-state index is 0.0647. The minimum Gasteiger partial charge on any atom is -0.336 e. The number of nitrogens with one attached hydrogen (secondary N) is 1. The van der Waals surface area contributed by atoms with Gasteiger partial charge in [0.1, 0.15) is 0 Å². The van der Waals surface area contributed by atoms with Gasteiger partial charge >= 0.3 is 0 Å². The van der Waals surface area contributed by atoms with Crippen LogP contribution in [0.3, 0.4) is 0 Å². The Morgan fingerprint density at radius 2 is 1.86 bits per heavy atom. The van der Waals surface area contributed by atoms with Crippen LogP contribution < -0.4 is 4.72 Å². The Kier molecular flexibility index (Phi) is 6.80. The van der Waals surface area contributed by atoms with Gasteiger partial charge in [-0.3, -0.25) is 9.69 Å². The molecule has 1 aliphatic heterocycles. The van der Waals surface area contributed by atoms with E-state index < -0.39 is 10.0 Å². The number of hydrogen-bond acceptors (Lipinski definition) is 6. The van der Waals surface area contributed by atoms with Crippen molar-refractivity contribution in [3.63, 3.8) is 0 Å². The van der Waals surface area contributed by atoms with Gasteiger partial charge in [-0.15, -0.1) is 11.3 Å². The molecule has 0 spiro atoms. The monoisotopic (exact) mass is 418 g/mol. The second-order valence-electron chi connectivity index (χ2n) is 6.48. The summed E-state index contributed by atoms with van der Waals surface area (Å²) in [6.45, 7) is 3.91. The highest BCUT2D eigenvalue weighted by molar-refractivity contribution is 7.89. The number of sulfonamides is 1. The van der Waals surface area contributed by atoms with Gasteiger partial charge in [0.2, 0.25) is 10.0 Å². The highest BCUT2D eigenvalue weighted by Gasteiger charge is 2.23. The number of hydrogen-bond donors (Lipinski definition) is 1. The van der Waals surface area contributed by atoms with Gasteiger partial charge < -0.3 is 4.90 Å². The molecule has 9 heteroatoms. The van der Waals surface area contributed by atoms with Gasteiger partial charge in [-0.1, -0.05) is 6.07 Å². The first-order valence-corrected chi connectivity index (χ1v) is 11.4. The summed E-state index contributed by atoms with van der Waals surface area (Å²) in [6.07, 6.45) is 0.105. The third-order valence-corrected chi connectivity index (χ3v) is 6.90. The number of amides is 1. The van der Waals surface area contributed by atoms with Gasteiger partial charge in [-0.05, 0) is 35.7 Å². The normalized spacial score (nSPS) is 15.3.